The monoisotopic (exact) mass is 527 g/mol. The van der Waals surface area contributed by atoms with Gasteiger partial charge in [-0.3, -0.25) is 0 Å². The van der Waals surface area contributed by atoms with Crippen molar-refractivity contribution in [2.45, 2.75) is 65.7 Å². The van der Waals surface area contributed by atoms with Gasteiger partial charge in [-0.2, -0.15) is 9.97 Å². The van der Waals surface area contributed by atoms with Crippen LogP contribution >= 0.6 is 11.6 Å². The number of aromatic nitrogens is 7. The molecule has 4 aromatic heterocycles. The molecule has 0 spiro atoms. The van der Waals surface area contributed by atoms with Crippen LogP contribution in [0, 0.1) is 0 Å². The molecule has 0 saturated carbocycles. The van der Waals surface area contributed by atoms with Crippen molar-refractivity contribution in [3.63, 3.8) is 0 Å². The number of hydrogen-bond donors (Lipinski definition) is 2. The van der Waals surface area contributed by atoms with Crippen LogP contribution in [0.3, 0.4) is 0 Å². The first-order valence-corrected chi connectivity index (χ1v) is 12.6. The van der Waals surface area contributed by atoms with Crippen LogP contribution in [0.4, 0.5) is 22.2 Å². The van der Waals surface area contributed by atoms with E-state index in [0.29, 0.717) is 58.8 Å². The summed E-state index contributed by atoms with van der Waals surface area (Å²) < 4.78 is 12.5. The van der Waals surface area contributed by atoms with Crippen molar-refractivity contribution in [2.24, 2.45) is 0 Å². The minimum Gasteiger partial charge on any atom is -0.429 e. The van der Waals surface area contributed by atoms with Gasteiger partial charge >= 0.3 is 6.16 Å². The minimum atomic E-state index is -0.683. The average Bonchev–Trinajstić information content (AvgIpc) is 3.35. The van der Waals surface area contributed by atoms with Crippen LogP contribution in [-0.4, -0.2) is 65.9 Å². The third kappa shape index (κ3) is 4.97. The number of ether oxygens (including phenoxy) is 2. The molecule has 4 aromatic rings. The number of hydrogen-bond acceptors (Lipinski definition) is 10. The fourth-order valence-corrected chi connectivity index (χ4v) is 4.45. The number of rotatable bonds is 6. The zero-order chi connectivity index (χ0) is 26.5. The zero-order valence-electron chi connectivity index (χ0n) is 21.7. The van der Waals surface area contributed by atoms with Gasteiger partial charge in [-0.25, -0.2) is 14.5 Å². The molecule has 0 unspecified atom stereocenters. The number of carbonyl (C=O) groups is 1. The maximum Gasteiger partial charge on any atom is 0.509 e. The van der Waals surface area contributed by atoms with E-state index in [0.717, 1.165) is 11.1 Å². The molecule has 0 aliphatic carbocycles. The number of nitrogens with one attached hydrogen (secondary N) is 2. The lowest BCUT2D eigenvalue weighted by Crippen LogP contribution is -2.53. The Balaban J connectivity index is 1.41. The molecule has 0 atom stereocenters. The average molecular weight is 528 g/mol. The van der Waals surface area contributed by atoms with Gasteiger partial charge in [-0.15, -0.1) is 5.10 Å². The molecule has 196 valence electrons. The van der Waals surface area contributed by atoms with Crippen molar-refractivity contribution in [1.29, 1.82) is 0 Å². The van der Waals surface area contributed by atoms with Gasteiger partial charge < -0.3 is 24.7 Å². The molecule has 1 saturated heterocycles. The van der Waals surface area contributed by atoms with Crippen LogP contribution in [0.5, 0.6) is 0 Å². The quantitative estimate of drug-likeness (QED) is 0.337. The summed E-state index contributed by atoms with van der Waals surface area (Å²) >= 11 is 6.70. The topological polar surface area (TPSA) is 136 Å². The van der Waals surface area contributed by atoms with E-state index < -0.39 is 11.8 Å². The molecule has 5 heterocycles. The predicted molar refractivity (Wildman–Crippen MR) is 141 cm³/mol. The Kier molecular flexibility index (Phi) is 6.30. The summed E-state index contributed by atoms with van der Waals surface area (Å²) in [6.45, 7) is 12.4. The summed E-state index contributed by atoms with van der Waals surface area (Å²) in [5, 5.41) is 13.0. The molecule has 0 aromatic carbocycles. The Labute approximate surface area is 218 Å². The molecule has 0 bridgehead atoms. The minimum absolute atomic E-state index is 0.148. The summed E-state index contributed by atoms with van der Waals surface area (Å²) in [7, 11) is 0. The molecule has 13 heteroatoms. The molecule has 0 radical (unpaired) electrons. The van der Waals surface area contributed by atoms with Crippen molar-refractivity contribution in [3.8, 4) is 0 Å². The van der Waals surface area contributed by atoms with Gasteiger partial charge in [0.25, 0.3) is 0 Å². The molecule has 2 N–H and O–H groups in total. The normalized spacial score (nSPS) is 14.4. The lowest BCUT2D eigenvalue weighted by molar-refractivity contribution is -0.0319. The first-order chi connectivity index (χ1) is 17.5. The van der Waals surface area contributed by atoms with Crippen LogP contribution in [0.2, 0.25) is 5.02 Å². The highest BCUT2D eigenvalue weighted by molar-refractivity contribution is 6.37. The van der Waals surface area contributed by atoms with Gasteiger partial charge in [-0.1, -0.05) is 23.7 Å². The molecule has 1 fully saturated rings. The van der Waals surface area contributed by atoms with E-state index in [1.807, 2.05) is 31.7 Å². The molecule has 5 rings (SSSR count). The first kappa shape index (κ1) is 25.0. The number of nitrogens with zero attached hydrogens (tertiary/aromatic N) is 7. The fraction of sp³-hybridized carbons (Fsp3) is 0.500. The lowest BCUT2D eigenvalue weighted by Gasteiger charge is -2.39. The fourth-order valence-electron chi connectivity index (χ4n) is 4.09. The Morgan fingerprint density at radius 3 is 2.73 bits per heavy atom. The SMILES string of the molecule is CCc1[nH]c2nc(Nc3cnc4c(c3)nnn4C(C)C)nc(N3CC(OC(=O)OC(C)(C)C)C3)c2c1Cl. The van der Waals surface area contributed by atoms with Crippen LogP contribution in [-0.2, 0) is 15.9 Å². The third-order valence-electron chi connectivity index (χ3n) is 5.86. The maximum absolute atomic E-state index is 12.1. The molecule has 1 aliphatic heterocycles. The highest BCUT2D eigenvalue weighted by Gasteiger charge is 2.35. The molecule has 12 nitrogen and oxygen atoms in total. The second kappa shape index (κ2) is 9.33. The van der Waals surface area contributed by atoms with Gasteiger partial charge in [0.1, 0.15) is 28.7 Å². The van der Waals surface area contributed by atoms with E-state index in [1.165, 1.54) is 0 Å². The van der Waals surface area contributed by atoms with E-state index in [4.69, 9.17) is 26.1 Å². The van der Waals surface area contributed by atoms with Crippen molar-refractivity contribution < 1.29 is 14.3 Å². The number of anilines is 3. The highest BCUT2D eigenvalue weighted by atomic mass is 35.5. The molecular weight excluding hydrogens is 498 g/mol. The Morgan fingerprint density at radius 1 is 1.30 bits per heavy atom. The van der Waals surface area contributed by atoms with E-state index in [-0.39, 0.29) is 12.1 Å². The lowest BCUT2D eigenvalue weighted by atomic mass is 10.1. The molecular formula is C24H30ClN9O3. The van der Waals surface area contributed by atoms with Crippen molar-refractivity contribution in [3.05, 3.63) is 23.0 Å². The van der Waals surface area contributed by atoms with Gasteiger partial charge in [0, 0.05) is 5.69 Å². The van der Waals surface area contributed by atoms with Gasteiger partial charge in [0.2, 0.25) is 5.95 Å². The summed E-state index contributed by atoms with van der Waals surface area (Å²) in [6.07, 6.45) is 1.42. The predicted octanol–water partition coefficient (Wildman–Crippen LogP) is 4.78. The van der Waals surface area contributed by atoms with Gasteiger partial charge in [0.15, 0.2) is 5.65 Å². The van der Waals surface area contributed by atoms with Crippen LogP contribution in [0.25, 0.3) is 22.2 Å². The summed E-state index contributed by atoms with van der Waals surface area (Å²) in [5.41, 5.74) is 2.93. The van der Waals surface area contributed by atoms with Gasteiger partial charge in [-0.05, 0) is 47.1 Å². The summed E-state index contributed by atoms with van der Waals surface area (Å²) in [4.78, 5) is 31.3. The molecule has 0 amide bonds. The summed E-state index contributed by atoms with van der Waals surface area (Å²) in [5.74, 6) is 1.02. The molecule has 1 aliphatic rings. The van der Waals surface area contributed by atoms with E-state index in [2.05, 4.69) is 30.6 Å². The number of H-pyrrole nitrogens is 1. The molecule has 37 heavy (non-hydrogen) atoms. The van der Waals surface area contributed by atoms with Crippen molar-refractivity contribution >= 4 is 57.4 Å². The van der Waals surface area contributed by atoms with E-state index >= 15 is 0 Å². The summed E-state index contributed by atoms with van der Waals surface area (Å²) in [6, 6.07) is 2.00. The van der Waals surface area contributed by atoms with Gasteiger partial charge in [0.05, 0.1) is 41.4 Å². The van der Waals surface area contributed by atoms with Crippen LogP contribution in [0.15, 0.2) is 12.3 Å². The highest BCUT2D eigenvalue weighted by Crippen LogP contribution is 2.37. The second-order valence-electron chi connectivity index (χ2n) is 10.3. The first-order valence-electron chi connectivity index (χ1n) is 12.2. The second-order valence-corrected chi connectivity index (χ2v) is 10.7. The van der Waals surface area contributed by atoms with Crippen molar-refractivity contribution in [2.75, 3.05) is 23.3 Å². The Bertz CT molecular complexity index is 1470. The maximum atomic E-state index is 12.1. The van der Waals surface area contributed by atoms with Crippen LogP contribution < -0.4 is 10.2 Å². The van der Waals surface area contributed by atoms with E-state index in [1.54, 1.807) is 31.6 Å². The van der Waals surface area contributed by atoms with Crippen LogP contribution in [0.1, 0.15) is 53.3 Å². The zero-order valence-corrected chi connectivity index (χ0v) is 22.4. The third-order valence-corrected chi connectivity index (χ3v) is 6.27. The largest absolute Gasteiger partial charge is 0.509 e. The number of aromatic amines is 1. The number of pyridine rings is 1. The number of halogens is 1. The van der Waals surface area contributed by atoms with E-state index in [9.17, 15) is 4.79 Å². The van der Waals surface area contributed by atoms with Crippen molar-refractivity contribution in [1.82, 2.24) is 34.9 Å². The Morgan fingerprint density at radius 2 is 2.05 bits per heavy atom. The standard InChI is InChI=1S/C24H30ClN9O3/c1-7-15-18(25)17-19(28-15)29-22(27-13-8-16-20(26-9-13)34(12(2)3)32-31-16)30-21(17)33-10-14(11-33)36-23(35)37-24(4,5)6/h8-9,12,14H,7,10-11H2,1-6H3,(H2,27,28,29,30). The Hall–Kier alpha value is -3.67. The number of fused-ring (bicyclic) bond motifs is 2. The number of carbonyl (C=O) groups excluding carboxylic acids is 1. The number of aryl methyl sites for hydroxylation is 1. The smallest absolute Gasteiger partial charge is 0.429 e.